The summed E-state index contributed by atoms with van der Waals surface area (Å²) in [6, 6.07) is 6.76. The van der Waals surface area contributed by atoms with Gasteiger partial charge in [-0.1, -0.05) is 38.3 Å². The van der Waals surface area contributed by atoms with Crippen molar-refractivity contribution in [2.45, 2.75) is 51.2 Å². The summed E-state index contributed by atoms with van der Waals surface area (Å²) in [5, 5.41) is 3.00. The van der Waals surface area contributed by atoms with E-state index in [0.717, 1.165) is 25.7 Å². The predicted octanol–water partition coefficient (Wildman–Crippen LogP) is 2.78. The van der Waals surface area contributed by atoms with Crippen LogP contribution in [-0.4, -0.2) is 51.0 Å². The molecule has 1 heterocycles. The summed E-state index contributed by atoms with van der Waals surface area (Å²) < 4.78 is 23.0. The van der Waals surface area contributed by atoms with Gasteiger partial charge in [0.05, 0.1) is 11.7 Å². The van der Waals surface area contributed by atoms with Gasteiger partial charge in [-0.05, 0) is 37.0 Å². The molecule has 0 aromatic heterocycles. The van der Waals surface area contributed by atoms with E-state index in [2.05, 4.69) is 12.2 Å². The molecule has 1 saturated heterocycles. The number of hydrogen-bond acceptors (Lipinski definition) is 4. The molecule has 1 unspecified atom stereocenters. The van der Waals surface area contributed by atoms with Crippen LogP contribution in [0.25, 0.3) is 0 Å². The second-order valence-electron chi connectivity index (χ2n) is 7.71. The van der Waals surface area contributed by atoms with Crippen molar-refractivity contribution in [2.24, 2.45) is 5.92 Å². The molecule has 2 rings (SSSR count). The Morgan fingerprint density at radius 1 is 1.21 bits per heavy atom. The maximum absolute atomic E-state index is 12.9. The SMILES string of the molecule is CCCCCCNC(=O)C1CCCN(C(=O)c2cccc(CS(C)(=O)=O)c2)C1. The molecule has 1 aromatic rings. The van der Waals surface area contributed by atoms with E-state index in [0.29, 0.717) is 30.8 Å². The summed E-state index contributed by atoms with van der Waals surface area (Å²) in [5.74, 6) is -0.379. The van der Waals surface area contributed by atoms with Crippen molar-refractivity contribution >= 4 is 21.7 Å². The molecule has 7 heteroatoms. The van der Waals surface area contributed by atoms with Gasteiger partial charge in [-0.2, -0.15) is 0 Å². The molecule has 2 amide bonds. The first-order chi connectivity index (χ1) is 13.3. The van der Waals surface area contributed by atoms with E-state index in [4.69, 9.17) is 0 Å². The van der Waals surface area contributed by atoms with Crippen LogP contribution >= 0.6 is 0 Å². The topological polar surface area (TPSA) is 83.6 Å². The van der Waals surface area contributed by atoms with Gasteiger partial charge in [-0.15, -0.1) is 0 Å². The molecule has 1 aliphatic heterocycles. The largest absolute Gasteiger partial charge is 0.356 e. The number of nitrogens with zero attached hydrogens (tertiary/aromatic N) is 1. The molecule has 0 spiro atoms. The van der Waals surface area contributed by atoms with Crippen LogP contribution in [0.5, 0.6) is 0 Å². The summed E-state index contributed by atoms with van der Waals surface area (Å²) in [4.78, 5) is 27.0. The van der Waals surface area contributed by atoms with Crippen LogP contribution in [0.2, 0.25) is 0 Å². The van der Waals surface area contributed by atoms with E-state index in [1.165, 1.54) is 19.1 Å². The van der Waals surface area contributed by atoms with Gasteiger partial charge in [0.2, 0.25) is 5.91 Å². The number of carbonyl (C=O) groups is 2. The van der Waals surface area contributed by atoms with Gasteiger partial charge in [-0.25, -0.2) is 8.42 Å². The molecule has 1 aliphatic rings. The zero-order chi connectivity index (χ0) is 20.6. The number of amides is 2. The minimum atomic E-state index is -3.16. The van der Waals surface area contributed by atoms with E-state index >= 15 is 0 Å². The lowest BCUT2D eigenvalue weighted by molar-refractivity contribution is -0.126. The molecular weight excluding hydrogens is 376 g/mol. The summed E-state index contributed by atoms with van der Waals surface area (Å²) in [7, 11) is -3.16. The summed E-state index contributed by atoms with van der Waals surface area (Å²) in [6.07, 6.45) is 7.22. The third kappa shape index (κ3) is 7.26. The van der Waals surface area contributed by atoms with Crippen molar-refractivity contribution in [3.8, 4) is 0 Å². The third-order valence-electron chi connectivity index (χ3n) is 5.01. The van der Waals surface area contributed by atoms with Gasteiger partial charge in [-0.3, -0.25) is 9.59 Å². The molecule has 1 N–H and O–H groups in total. The highest BCUT2D eigenvalue weighted by Crippen LogP contribution is 2.20. The Balaban J connectivity index is 1.93. The first-order valence-electron chi connectivity index (χ1n) is 10.1. The lowest BCUT2D eigenvalue weighted by Crippen LogP contribution is -2.45. The quantitative estimate of drug-likeness (QED) is 0.637. The predicted molar refractivity (Wildman–Crippen MR) is 111 cm³/mol. The molecule has 1 fully saturated rings. The van der Waals surface area contributed by atoms with Gasteiger partial charge >= 0.3 is 0 Å². The van der Waals surface area contributed by atoms with Crippen molar-refractivity contribution in [1.82, 2.24) is 10.2 Å². The maximum Gasteiger partial charge on any atom is 0.253 e. The van der Waals surface area contributed by atoms with Crippen molar-refractivity contribution in [3.63, 3.8) is 0 Å². The van der Waals surface area contributed by atoms with Gasteiger partial charge < -0.3 is 10.2 Å². The van der Waals surface area contributed by atoms with E-state index < -0.39 is 9.84 Å². The van der Waals surface area contributed by atoms with Crippen molar-refractivity contribution in [2.75, 3.05) is 25.9 Å². The minimum Gasteiger partial charge on any atom is -0.356 e. The molecule has 156 valence electrons. The maximum atomic E-state index is 12.9. The first-order valence-corrected chi connectivity index (χ1v) is 12.2. The first kappa shape index (κ1) is 22.4. The highest BCUT2D eigenvalue weighted by atomic mass is 32.2. The van der Waals surface area contributed by atoms with Gasteiger partial charge in [0.1, 0.15) is 0 Å². The molecule has 1 atom stereocenters. The third-order valence-corrected chi connectivity index (χ3v) is 5.87. The Labute approximate surface area is 168 Å². The highest BCUT2D eigenvalue weighted by molar-refractivity contribution is 7.89. The Morgan fingerprint density at radius 2 is 2.00 bits per heavy atom. The fraction of sp³-hybridized carbons (Fsp3) is 0.619. The van der Waals surface area contributed by atoms with E-state index in [1.807, 2.05) is 0 Å². The number of likely N-dealkylation sites (tertiary alicyclic amines) is 1. The minimum absolute atomic E-state index is 0.0276. The molecule has 0 radical (unpaired) electrons. The second kappa shape index (κ2) is 10.6. The zero-order valence-electron chi connectivity index (χ0n) is 16.9. The van der Waals surface area contributed by atoms with Crippen molar-refractivity contribution in [1.29, 1.82) is 0 Å². The van der Waals surface area contributed by atoms with Crippen LogP contribution in [0.3, 0.4) is 0 Å². The number of nitrogens with one attached hydrogen (secondary N) is 1. The van der Waals surface area contributed by atoms with Gasteiger partial charge in [0.15, 0.2) is 9.84 Å². The molecule has 0 aliphatic carbocycles. The van der Waals surface area contributed by atoms with Crippen LogP contribution in [0.15, 0.2) is 24.3 Å². The number of sulfone groups is 1. The van der Waals surface area contributed by atoms with Crippen LogP contribution in [0.4, 0.5) is 0 Å². The zero-order valence-corrected chi connectivity index (χ0v) is 17.8. The highest BCUT2D eigenvalue weighted by Gasteiger charge is 2.28. The number of rotatable bonds is 9. The smallest absolute Gasteiger partial charge is 0.253 e. The lowest BCUT2D eigenvalue weighted by atomic mass is 9.96. The monoisotopic (exact) mass is 408 g/mol. The number of carbonyl (C=O) groups excluding carboxylic acids is 2. The number of hydrogen-bond donors (Lipinski definition) is 1. The summed E-state index contributed by atoms with van der Waals surface area (Å²) in [6.45, 7) is 3.88. The molecule has 28 heavy (non-hydrogen) atoms. The average Bonchev–Trinajstić information content (AvgIpc) is 2.66. The Kier molecular flexibility index (Phi) is 8.48. The number of benzene rings is 1. The average molecular weight is 409 g/mol. The standard InChI is InChI=1S/C21H32N2O4S/c1-3-4-5-6-12-22-20(24)19-11-8-13-23(15-19)21(25)18-10-7-9-17(14-18)16-28(2,26)27/h7,9-10,14,19H,3-6,8,11-13,15-16H2,1-2H3,(H,22,24). The Bertz CT molecular complexity index is 776. The van der Waals surface area contributed by atoms with Crippen molar-refractivity contribution in [3.05, 3.63) is 35.4 Å². The Morgan fingerprint density at radius 3 is 2.71 bits per heavy atom. The normalized spacial score (nSPS) is 17.4. The number of unbranched alkanes of at least 4 members (excludes halogenated alkanes) is 3. The van der Waals surface area contributed by atoms with E-state index in [-0.39, 0.29) is 23.5 Å². The second-order valence-corrected chi connectivity index (χ2v) is 9.85. The van der Waals surface area contributed by atoms with Crippen molar-refractivity contribution < 1.29 is 18.0 Å². The molecule has 6 nitrogen and oxygen atoms in total. The fourth-order valence-electron chi connectivity index (χ4n) is 3.56. The summed E-state index contributed by atoms with van der Waals surface area (Å²) >= 11 is 0. The molecule has 0 saturated carbocycles. The summed E-state index contributed by atoms with van der Waals surface area (Å²) in [5.41, 5.74) is 1.08. The van der Waals surface area contributed by atoms with Crippen LogP contribution in [0.1, 0.15) is 61.4 Å². The fourth-order valence-corrected chi connectivity index (χ4v) is 4.35. The molecule has 1 aromatic carbocycles. The number of piperidine rings is 1. The van der Waals surface area contributed by atoms with Gasteiger partial charge in [0.25, 0.3) is 5.91 Å². The molecule has 0 bridgehead atoms. The van der Waals surface area contributed by atoms with Crippen LogP contribution in [-0.2, 0) is 20.4 Å². The lowest BCUT2D eigenvalue weighted by Gasteiger charge is -2.32. The van der Waals surface area contributed by atoms with E-state index in [1.54, 1.807) is 29.2 Å². The van der Waals surface area contributed by atoms with Crippen LogP contribution < -0.4 is 5.32 Å². The Hall–Kier alpha value is -1.89. The molecular formula is C21H32N2O4S. The van der Waals surface area contributed by atoms with Crippen LogP contribution in [0, 0.1) is 5.92 Å². The van der Waals surface area contributed by atoms with E-state index in [9.17, 15) is 18.0 Å². The van der Waals surface area contributed by atoms with Gasteiger partial charge in [0, 0.05) is 31.5 Å².